The Morgan fingerprint density at radius 2 is 2.08 bits per heavy atom. The number of halogens is 1. The Bertz CT molecular complexity index is 689. The molecule has 0 unspecified atom stereocenters. The number of aromatic nitrogens is 4. The van der Waals surface area contributed by atoms with Crippen LogP contribution in [-0.4, -0.2) is 63.0 Å². The smallest absolute Gasteiger partial charge is 0.205 e. The fraction of sp³-hybridized carbons (Fsp3) is 0.600. The third kappa shape index (κ3) is 4.81. The van der Waals surface area contributed by atoms with Gasteiger partial charge in [0.1, 0.15) is 11.6 Å². The first kappa shape index (κ1) is 19.9. The summed E-state index contributed by atoms with van der Waals surface area (Å²) in [5.41, 5.74) is 0. The van der Waals surface area contributed by atoms with Crippen molar-refractivity contribution in [1.29, 1.82) is 0 Å². The summed E-state index contributed by atoms with van der Waals surface area (Å²) in [6, 6.07) is 0. The number of rotatable bonds is 4. The molecule has 25 heavy (non-hydrogen) atoms. The van der Waals surface area contributed by atoms with Gasteiger partial charge >= 0.3 is 0 Å². The van der Waals surface area contributed by atoms with Crippen LogP contribution < -0.4 is 10.2 Å². The van der Waals surface area contributed by atoms with Crippen molar-refractivity contribution in [2.75, 3.05) is 38.1 Å². The SMILES string of the molecule is CCc1nsc(N2CCN(C(=NC)NCc3nccn3C)CC2)n1.I. The molecule has 0 aromatic carbocycles. The lowest BCUT2D eigenvalue weighted by Gasteiger charge is -2.36. The zero-order chi connectivity index (χ0) is 16.9. The highest BCUT2D eigenvalue weighted by molar-refractivity contribution is 14.0. The second-order valence-electron chi connectivity index (χ2n) is 5.68. The Morgan fingerprint density at radius 3 is 2.64 bits per heavy atom. The number of guanidine groups is 1. The number of hydrogen-bond donors (Lipinski definition) is 1. The number of aliphatic imine (C=N–C) groups is 1. The van der Waals surface area contributed by atoms with Crippen LogP contribution in [-0.2, 0) is 20.0 Å². The molecule has 138 valence electrons. The normalized spacial score (nSPS) is 15.2. The molecule has 1 aliphatic rings. The van der Waals surface area contributed by atoms with E-state index < -0.39 is 0 Å². The molecule has 2 aromatic heterocycles. The van der Waals surface area contributed by atoms with Crippen LogP contribution in [0.1, 0.15) is 18.6 Å². The fourth-order valence-electron chi connectivity index (χ4n) is 2.68. The highest BCUT2D eigenvalue weighted by Gasteiger charge is 2.22. The quantitative estimate of drug-likeness (QED) is 0.408. The van der Waals surface area contributed by atoms with Crippen LogP contribution >= 0.6 is 35.5 Å². The molecule has 0 amide bonds. The van der Waals surface area contributed by atoms with Gasteiger partial charge in [-0.1, -0.05) is 6.92 Å². The van der Waals surface area contributed by atoms with E-state index in [1.54, 1.807) is 0 Å². The number of nitrogens with zero attached hydrogens (tertiary/aromatic N) is 7. The van der Waals surface area contributed by atoms with Crippen LogP contribution in [0.15, 0.2) is 17.4 Å². The van der Waals surface area contributed by atoms with Crippen LogP contribution in [0.25, 0.3) is 0 Å². The summed E-state index contributed by atoms with van der Waals surface area (Å²) in [5.74, 6) is 2.85. The maximum Gasteiger partial charge on any atom is 0.205 e. The largest absolute Gasteiger partial charge is 0.349 e. The van der Waals surface area contributed by atoms with Gasteiger partial charge in [-0.15, -0.1) is 24.0 Å². The Kier molecular flexibility index (Phi) is 7.41. The molecule has 0 saturated carbocycles. The molecule has 0 aliphatic carbocycles. The molecule has 1 aliphatic heterocycles. The van der Waals surface area contributed by atoms with E-state index in [2.05, 4.69) is 41.4 Å². The number of piperazine rings is 1. The third-order valence-electron chi connectivity index (χ3n) is 4.16. The first-order valence-corrected chi connectivity index (χ1v) is 8.98. The summed E-state index contributed by atoms with van der Waals surface area (Å²) < 4.78 is 6.39. The lowest BCUT2D eigenvalue weighted by atomic mass is 10.3. The molecule has 1 fully saturated rings. The van der Waals surface area contributed by atoms with E-state index in [-0.39, 0.29) is 24.0 Å². The summed E-state index contributed by atoms with van der Waals surface area (Å²) >= 11 is 1.50. The molecule has 3 heterocycles. The molecule has 8 nitrogen and oxygen atoms in total. The van der Waals surface area contributed by atoms with Gasteiger partial charge in [0.15, 0.2) is 5.96 Å². The maximum atomic E-state index is 4.58. The molecule has 0 spiro atoms. The lowest BCUT2D eigenvalue weighted by Crippen LogP contribution is -2.52. The van der Waals surface area contributed by atoms with Crippen molar-refractivity contribution in [1.82, 2.24) is 29.1 Å². The van der Waals surface area contributed by atoms with Gasteiger partial charge in [0.25, 0.3) is 0 Å². The Morgan fingerprint density at radius 1 is 1.32 bits per heavy atom. The van der Waals surface area contributed by atoms with Crippen molar-refractivity contribution in [2.45, 2.75) is 19.9 Å². The van der Waals surface area contributed by atoms with E-state index in [0.717, 1.165) is 55.3 Å². The van der Waals surface area contributed by atoms with Crippen LogP contribution in [0.2, 0.25) is 0 Å². The topological polar surface area (TPSA) is 74.5 Å². The van der Waals surface area contributed by atoms with Crippen molar-refractivity contribution < 1.29 is 0 Å². The zero-order valence-corrected chi connectivity index (χ0v) is 18.0. The van der Waals surface area contributed by atoms with Gasteiger partial charge in [0.2, 0.25) is 5.13 Å². The van der Waals surface area contributed by atoms with Gasteiger partial charge in [-0.25, -0.2) is 9.97 Å². The highest BCUT2D eigenvalue weighted by Crippen LogP contribution is 2.19. The third-order valence-corrected chi connectivity index (χ3v) is 4.98. The number of hydrogen-bond acceptors (Lipinski definition) is 6. The number of nitrogens with one attached hydrogen (secondary N) is 1. The van der Waals surface area contributed by atoms with E-state index in [0.29, 0.717) is 6.54 Å². The molecular weight excluding hydrogens is 451 g/mol. The van der Waals surface area contributed by atoms with Gasteiger partial charge in [0.05, 0.1) is 6.54 Å². The number of aryl methyl sites for hydroxylation is 2. The van der Waals surface area contributed by atoms with Crippen molar-refractivity contribution in [2.24, 2.45) is 12.0 Å². The standard InChI is InChI=1S/C15H24N8S.HI/c1-4-12-19-15(24-20-12)23-9-7-22(8-10-23)14(16-2)18-11-13-17-5-6-21(13)3;/h5-6H,4,7-11H2,1-3H3,(H,16,18);1H. The second-order valence-corrected chi connectivity index (χ2v) is 6.41. The van der Waals surface area contributed by atoms with Crippen LogP contribution in [0.4, 0.5) is 5.13 Å². The van der Waals surface area contributed by atoms with Gasteiger partial charge in [-0.3, -0.25) is 4.99 Å². The van der Waals surface area contributed by atoms with E-state index in [1.165, 1.54) is 11.5 Å². The number of imidazole rings is 1. The second kappa shape index (κ2) is 9.32. The molecular formula is C15H25IN8S. The average Bonchev–Trinajstić information content (AvgIpc) is 3.25. The van der Waals surface area contributed by atoms with Gasteiger partial charge < -0.3 is 19.7 Å². The van der Waals surface area contributed by atoms with Crippen molar-refractivity contribution in [3.05, 3.63) is 24.0 Å². The fourth-order valence-corrected chi connectivity index (χ4v) is 3.48. The minimum absolute atomic E-state index is 0. The van der Waals surface area contributed by atoms with E-state index in [9.17, 15) is 0 Å². The zero-order valence-electron chi connectivity index (χ0n) is 14.8. The molecule has 2 aromatic rings. The lowest BCUT2D eigenvalue weighted by molar-refractivity contribution is 0.371. The molecule has 3 rings (SSSR count). The number of anilines is 1. The van der Waals surface area contributed by atoms with Crippen molar-refractivity contribution in [3.63, 3.8) is 0 Å². The van der Waals surface area contributed by atoms with E-state index >= 15 is 0 Å². The summed E-state index contributed by atoms with van der Waals surface area (Å²) in [4.78, 5) is 17.9. The monoisotopic (exact) mass is 476 g/mol. The van der Waals surface area contributed by atoms with E-state index in [4.69, 9.17) is 0 Å². The average molecular weight is 476 g/mol. The van der Waals surface area contributed by atoms with E-state index in [1.807, 2.05) is 31.1 Å². The summed E-state index contributed by atoms with van der Waals surface area (Å²) in [6.07, 6.45) is 4.65. The molecule has 1 saturated heterocycles. The van der Waals surface area contributed by atoms with Crippen LogP contribution in [0.3, 0.4) is 0 Å². The predicted molar refractivity (Wildman–Crippen MR) is 112 cm³/mol. The molecule has 0 radical (unpaired) electrons. The summed E-state index contributed by atoms with van der Waals surface area (Å²) in [6.45, 7) is 6.46. The first-order chi connectivity index (χ1) is 11.7. The molecule has 1 N–H and O–H groups in total. The van der Waals surface area contributed by atoms with Gasteiger partial charge in [0, 0.05) is 70.6 Å². The molecule has 0 atom stereocenters. The highest BCUT2D eigenvalue weighted by atomic mass is 127. The maximum absolute atomic E-state index is 4.58. The van der Waals surface area contributed by atoms with Gasteiger partial charge in [-0.2, -0.15) is 4.37 Å². The van der Waals surface area contributed by atoms with Crippen LogP contribution in [0.5, 0.6) is 0 Å². The first-order valence-electron chi connectivity index (χ1n) is 8.20. The van der Waals surface area contributed by atoms with Crippen molar-refractivity contribution in [3.8, 4) is 0 Å². The Hall–Kier alpha value is -1.43. The molecule has 10 heteroatoms. The Balaban J connectivity index is 0.00000225. The van der Waals surface area contributed by atoms with Crippen LogP contribution in [0, 0.1) is 0 Å². The predicted octanol–water partition coefficient (Wildman–Crippen LogP) is 1.35. The molecule has 0 bridgehead atoms. The minimum Gasteiger partial charge on any atom is -0.349 e. The summed E-state index contributed by atoms with van der Waals surface area (Å²) in [5, 5.41) is 4.43. The van der Waals surface area contributed by atoms with Gasteiger partial charge in [-0.05, 0) is 0 Å². The Labute approximate surface area is 169 Å². The minimum atomic E-state index is 0. The van der Waals surface area contributed by atoms with Crippen molar-refractivity contribution >= 4 is 46.6 Å². The summed E-state index contributed by atoms with van der Waals surface area (Å²) in [7, 11) is 3.82.